The lowest BCUT2D eigenvalue weighted by Crippen LogP contribution is -2.32. The Balaban J connectivity index is 1.45. The molecular formula is C22H23BrClN7O2. The van der Waals surface area contributed by atoms with Gasteiger partial charge in [0.1, 0.15) is 4.60 Å². The van der Waals surface area contributed by atoms with Crippen LogP contribution in [0.15, 0.2) is 29.0 Å². The van der Waals surface area contributed by atoms with E-state index in [2.05, 4.69) is 31.3 Å². The Morgan fingerprint density at radius 3 is 2.82 bits per heavy atom. The van der Waals surface area contributed by atoms with Crippen molar-refractivity contribution in [1.29, 1.82) is 0 Å². The SMILES string of the molecule is CC(N)c1cc(Cl)cc(-n2nc(Br)c3cnc(N[C@@H]4CCC5(CC(=O)N(C)C5=O)C4)nc32)c1. The number of fused-ring (bicyclic) bond motifs is 1. The van der Waals surface area contributed by atoms with Crippen LogP contribution in [0, 0.1) is 5.41 Å². The van der Waals surface area contributed by atoms with Gasteiger partial charge in [-0.05, 0) is 65.9 Å². The first kappa shape index (κ1) is 22.2. The molecule has 1 aromatic carbocycles. The van der Waals surface area contributed by atoms with E-state index in [1.54, 1.807) is 17.9 Å². The predicted octanol–water partition coefficient (Wildman–Crippen LogP) is 3.59. The number of anilines is 1. The summed E-state index contributed by atoms with van der Waals surface area (Å²) in [5, 5.41) is 9.24. The van der Waals surface area contributed by atoms with Crippen molar-refractivity contribution in [1.82, 2.24) is 24.6 Å². The zero-order valence-electron chi connectivity index (χ0n) is 18.2. The first-order valence-corrected chi connectivity index (χ1v) is 11.9. The molecule has 1 saturated heterocycles. The van der Waals surface area contributed by atoms with Gasteiger partial charge in [0, 0.05) is 36.8 Å². The van der Waals surface area contributed by atoms with Crippen molar-refractivity contribution in [2.24, 2.45) is 11.1 Å². The van der Waals surface area contributed by atoms with Crippen LogP contribution in [0.5, 0.6) is 0 Å². The van der Waals surface area contributed by atoms with E-state index in [-0.39, 0.29) is 30.3 Å². The van der Waals surface area contributed by atoms with Crippen LogP contribution in [0.2, 0.25) is 5.02 Å². The van der Waals surface area contributed by atoms with Gasteiger partial charge in [0.2, 0.25) is 17.8 Å². The Morgan fingerprint density at radius 1 is 1.33 bits per heavy atom. The third-order valence-electron chi connectivity index (χ3n) is 6.62. The summed E-state index contributed by atoms with van der Waals surface area (Å²) >= 11 is 9.82. The summed E-state index contributed by atoms with van der Waals surface area (Å²) in [5.41, 5.74) is 7.70. The predicted molar refractivity (Wildman–Crippen MR) is 128 cm³/mol. The second-order valence-corrected chi connectivity index (χ2v) is 10.2. The number of likely N-dealkylation sites (tertiary alicyclic amines) is 1. The molecule has 9 nitrogen and oxygen atoms in total. The fourth-order valence-corrected chi connectivity index (χ4v) is 5.52. The first-order valence-electron chi connectivity index (χ1n) is 10.7. The largest absolute Gasteiger partial charge is 0.351 e. The summed E-state index contributed by atoms with van der Waals surface area (Å²) < 4.78 is 2.32. The number of imide groups is 1. The van der Waals surface area contributed by atoms with E-state index < -0.39 is 5.41 Å². The topological polar surface area (TPSA) is 119 Å². The molecule has 1 saturated carbocycles. The maximum absolute atomic E-state index is 12.6. The second-order valence-electron chi connectivity index (χ2n) is 8.96. The molecule has 3 N–H and O–H groups in total. The summed E-state index contributed by atoms with van der Waals surface area (Å²) in [7, 11) is 1.56. The molecule has 2 amide bonds. The monoisotopic (exact) mass is 531 g/mol. The van der Waals surface area contributed by atoms with Crippen molar-refractivity contribution in [3.63, 3.8) is 0 Å². The first-order chi connectivity index (χ1) is 15.7. The van der Waals surface area contributed by atoms with Crippen LogP contribution < -0.4 is 11.1 Å². The van der Waals surface area contributed by atoms with Crippen molar-refractivity contribution in [3.05, 3.63) is 39.6 Å². The van der Waals surface area contributed by atoms with Crippen molar-refractivity contribution in [3.8, 4) is 5.69 Å². The lowest BCUT2D eigenvalue weighted by Gasteiger charge is -2.20. The van der Waals surface area contributed by atoms with Gasteiger partial charge < -0.3 is 11.1 Å². The summed E-state index contributed by atoms with van der Waals surface area (Å²) in [4.78, 5) is 35.1. The van der Waals surface area contributed by atoms with Gasteiger partial charge >= 0.3 is 0 Å². The number of benzene rings is 1. The molecule has 5 rings (SSSR count). The van der Waals surface area contributed by atoms with E-state index in [9.17, 15) is 9.59 Å². The summed E-state index contributed by atoms with van der Waals surface area (Å²) in [6.07, 6.45) is 4.00. The normalized spacial score (nSPS) is 23.8. The molecule has 33 heavy (non-hydrogen) atoms. The third kappa shape index (κ3) is 3.79. The molecular weight excluding hydrogens is 510 g/mol. The molecule has 2 aromatic heterocycles. The molecule has 172 valence electrons. The Hall–Kier alpha value is -2.56. The molecule has 1 aliphatic carbocycles. The minimum atomic E-state index is -0.603. The molecule has 1 spiro atoms. The average molecular weight is 533 g/mol. The maximum Gasteiger partial charge on any atom is 0.235 e. The van der Waals surface area contributed by atoms with E-state index in [4.69, 9.17) is 22.3 Å². The van der Waals surface area contributed by atoms with Crippen LogP contribution in [-0.2, 0) is 9.59 Å². The Kier molecular flexibility index (Phi) is 5.42. The smallest absolute Gasteiger partial charge is 0.235 e. The third-order valence-corrected chi connectivity index (χ3v) is 7.42. The summed E-state index contributed by atoms with van der Waals surface area (Å²) in [5.74, 6) is 0.249. The standard InChI is InChI=1S/C22H23BrClN7O2/c1-11(25)12-5-13(24)7-15(6-12)31-19-16(18(23)29-31)10-26-21(28-19)27-14-3-4-22(8-14)9-17(32)30(2)20(22)33/h5-7,10-11,14H,3-4,8-9,25H2,1-2H3,(H,26,27,28)/t11?,14-,22?/m1/s1. The fraction of sp³-hybridized carbons (Fsp3) is 0.409. The second kappa shape index (κ2) is 8.03. The number of aromatic nitrogens is 4. The highest BCUT2D eigenvalue weighted by atomic mass is 79.9. The van der Waals surface area contributed by atoms with Crippen molar-refractivity contribution in [2.45, 2.75) is 44.7 Å². The van der Waals surface area contributed by atoms with E-state index >= 15 is 0 Å². The van der Waals surface area contributed by atoms with Crippen LogP contribution in [0.1, 0.15) is 44.2 Å². The average Bonchev–Trinajstić information content (AvgIpc) is 3.39. The fourth-order valence-electron chi connectivity index (χ4n) is 4.84. The molecule has 3 aromatic rings. The molecule has 0 bridgehead atoms. The van der Waals surface area contributed by atoms with Gasteiger partial charge in [-0.1, -0.05) is 11.6 Å². The van der Waals surface area contributed by atoms with Crippen LogP contribution in [0.3, 0.4) is 0 Å². The Labute approximate surface area is 203 Å². The molecule has 3 atom stereocenters. The number of carbonyl (C=O) groups is 2. The van der Waals surface area contributed by atoms with Crippen molar-refractivity contribution in [2.75, 3.05) is 12.4 Å². The molecule has 1 aliphatic heterocycles. The van der Waals surface area contributed by atoms with E-state index in [0.717, 1.165) is 23.1 Å². The highest BCUT2D eigenvalue weighted by molar-refractivity contribution is 9.10. The van der Waals surface area contributed by atoms with E-state index in [0.29, 0.717) is 34.1 Å². The van der Waals surface area contributed by atoms with Crippen LogP contribution in [-0.4, -0.2) is 49.6 Å². The highest BCUT2D eigenvalue weighted by Gasteiger charge is 2.53. The summed E-state index contributed by atoms with van der Waals surface area (Å²) in [6, 6.07) is 5.40. The number of nitrogens with two attached hydrogens (primary N) is 1. The van der Waals surface area contributed by atoms with Gasteiger partial charge in [-0.15, -0.1) is 0 Å². The number of nitrogens with zero attached hydrogens (tertiary/aromatic N) is 5. The molecule has 11 heteroatoms. The number of amides is 2. The highest BCUT2D eigenvalue weighted by Crippen LogP contribution is 2.47. The maximum atomic E-state index is 12.6. The van der Waals surface area contributed by atoms with Crippen LogP contribution >= 0.6 is 27.5 Å². The van der Waals surface area contributed by atoms with E-state index in [1.165, 1.54) is 4.90 Å². The Bertz CT molecular complexity index is 1290. The van der Waals surface area contributed by atoms with Gasteiger partial charge in [0.15, 0.2) is 5.65 Å². The quantitative estimate of drug-likeness (QED) is 0.493. The number of hydrogen-bond acceptors (Lipinski definition) is 7. The lowest BCUT2D eigenvalue weighted by atomic mass is 9.84. The number of nitrogens with one attached hydrogen (secondary N) is 1. The van der Waals surface area contributed by atoms with Gasteiger partial charge in [-0.2, -0.15) is 10.1 Å². The van der Waals surface area contributed by atoms with Crippen molar-refractivity contribution < 1.29 is 9.59 Å². The molecule has 2 fully saturated rings. The lowest BCUT2D eigenvalue weighted by molar-refractivity contribution is -0.139. The van der Waals surface area contributed by atoms with Crippen LogP contribution in [0.4, 0.5) is 5.95 Å². The van der Waals surface area contributed by atoms with Gasteiger partial charge in [0.05, 0.1) is 16.5 Å². The minimum absolute atomic E-state index is 0.00127. The number of carbonyl (C=O) groups excluding carboxylic acids is 2. The summed E-state index contributed by atoms with van der Waals surface area (Å²) in [6.45, 7) is 1.89. The van der Waals surface area contributed by atoms with Crippen LogP contribution in [0.25, 0.3) is 16.7 Å². The zero-order valence-corrected chi connectivity index (χ0v) is 20.5. The van der Waals surface area contributed by atoms with E-state index in [1.807, 2.05) is 25.1 Å². The molecule has 2 aliphatic rings. The molecule has 2 unspecified atom stereocenters. The minimum Gasteiger partial charge on any atom is -0.351 e. The zero-order chi connectivity index (χ0) is 23.5. The Morgan fingerprint density at radius 2 is 2.12 bits per heavy atom. The number of halogens is 2. The molecule has 0 radical (unpaired) electrons. The van der Waals surface area contributed by atoms with Gasteiger partial charge in [-0.3, -0.25) is 14.5 Å². The van der Waals surface area contributed by atoms with Gasteiger partial charge in [-0.25, -0.2) is 9.67 Å². The van der Waals surface area contributed by atoms with Gasteiger partial charge in [0.25, 0.3) is 0 Å². The van der Waals surface area contributed by atoms with Crippen molar-refractivity contribution >= 4 is 56.3 Å². The molecule has 3 heterocycles. The number of rotatable bonds is 4. The number of hydrogen-bond donors (Lipinski definition) is 2.